The van der Waals surface area contributed by atoms with Crippen LogP contribution in [-0.2, 0) is 28.5 Å². The van der Waals surface area contributed by atoms with Gasteiger partial charge in [0.15, 0.2) is 0 Å². The van der Waals surface area contributed by atoms with E-state index in [2.05, 4.69) is 0 Å². The number of rotatable bonds is 15. The maximum Gasteiger partial charge on any atom is 0.313 e. The maximum absolute atomic E-state index is 12.5. The Morgan fingerprint density at radius 1 is 0.524 bits per heavy atom. The Bertz CT molecular complexity index is 1380. The first-order chi connectivity index (χ1) is 20.4. The minimum absolute atomic E-state index is 0.159. The van der Waals surface area contributed by atoms with Gasteiger partial charge in [0.1, 0.15) is 24.7 Å². The molecule has 8 heteroatoms. The molecule has 2 atom stereocenters. The normalized spacial score (nSPS) is 12.6. The van der Waals surface area contributed by atoms with E-state index >= 15 is 0 Å². The van der Waals surface area contributed by atoms with Crippen LogP contribution in [0.4, 0.5) is 0 Å². The van der Waals surface area contributed by atoms with Gasteiger partial charge in [-0.05, 0) is 70.8 Å². The van der Waals surface area contributed by atoms with E-state index in [1.807, 2.05) is 86.6 Å². The number of esters is 2. The van der Waals surface area contributed by atoms with Crippen LogP contribution in [0.25, 0.3) is 21.5 Å². The van der Waals surface area contributed by atoms with Crippen LogP contribution in [0.5, 0.6) is 11.5 Å². The molecule has 222 valence electrons. The average molecular weight is 575 g/mol. The van der Waals surface area contributed by atoms with E-state index in [9.17, 15) is 9.59 Å². The van der Waals surface area contributed by atoms with Crippen molar-refractivity contribution < 1.29 is 38.0 Å². The summed E-state index contributed by atoms with van der Waals surface area (Å²) in [5.41, 5.74) is 1.78. The molecular weight excluding hydrogens is 536 g/mol. The minimum Gasteiger partial charge on any atom is -0.497 e. The molecule has 0 unspecified atom stereocenters. The highest BCUT2D eigenvalue weighted by Crippen LogP contribution is 2.27. The fourth-order valence-corrected chi connectivity index (χ4v) is 4.52. The number of ether oxygens (including phenoxy) is 6. The Labute approximate surface area is 246 Å². The molecule has 0 saturated carbocycles. The summed E-state index contributed by atoms with van der Waals surface area (Å²) in [6.07, 6.45) is 0. The van der Waals surface area contributed by atoms with E-state index in [0.717, 1.165) is 44.2 Å². The third-order valence-corrected chi connectivity index (χ3v) is 7.17. The summed E-state index contributed by atoms with van der Waals surface area (Å²) >= 11 is 0. The van der Waals surface area contributed by atoms with Crippen LogP contribution < -0.4 is 9.47 Å². The molecule has 0 radical (unpaired) electrons. The summed E-state index contributed by atoms with van der Waals surface area (Å²) in [4.78, 5) is 25.0. The van der Waals surface area contributed by atoms with Crippen LogP contribution >= 0.6 is 0 Å². The van der Waals surface area contributed by atoms with Gasteiger partial charge < -0.3 is 28.4 Å². The number of hydrogen-bond acceptors (Lipinski definition) is 8. The summed E-state index contributed by atoms with van der Waals surface area (Å²) < 4.78 is 32.3. The summed E-state index contributed by atoms with van der Waals surface area (Å²) in [5, 5.41) is 4.16. The predicted octanol–water partition coefficient (Wildman–Crippen LogP) is 6.04. The van der Waals surface area contributed by atoms with Crippen molar-refractivity contribution in [2.24, 2.45) is 0 Å². The smallest absolute Gasteiger partial charge is 0.313 e. The van der Waals surface area contributed by atoms with E-state index in [-0.39, 0.29) is 38.4 Å². The van der Waals surface area contributed by atoms with Crippen molar-refractivity contribution in [3.8, 4) is 11.5 Å². The molecular formula is C34H38O8. The highest BCUT2D eigenvalue weighted by molar-refractivity contribution is 5.88. The monoisotopic (exact) mass is 574 g/mol. The summed E-state index contributed by atoms with van der Waals surface area (Å²) in [6, 6.07) is 23.5. The van der Waals surface area contributed by atoms with Crippen LogP contribution in [0.3, 0.4) is 0 Å². The lowest BCUT2D eigenvalue weighted by atomic mass is 9.98. The SMILES string of the molecule is COc1ccc2cc([C@H](C)C(=O)OCCOCCOCCOC(=O)[C@@H](C)c3ccc4cc(OC)ccc4c3)ccc2c1. The van der Waals surface area contributed by atoms with Crippen molar-refractivity contribution in [2.75, 3.05) is 53.9 Å². The Kier molecular flexibility index (Phi) is 11.1. The van der Waals surface area contributed by atoms with Crippen molar-refractivity contribution in [1.82, 2.24) is 0 Å². The van der Waals surface area contributed by atoms with Crippen molar-refractivity contribution in [3.05, 3.63) is 83.9 Å². The number of methoxy groups -OCH3 is 2. The largest absolute Gasteiger partial charge is 0.497 e. The van der Waals surface area contributed by atoms with Crippen molar-refractivity contribution in [3.63, 3.8) is 0 Å². The van der Waals surface area contributed by atoms with Crippen LogP contribution in [0.15, 0.2) is 72.8 Å². The van der Waals surface area contributed by atoms with E-state index in [1.54, 1.807) is 14.2 Å². The van der Waals surface area contributed by atoms with Gasteiger partial charge in [0.05, 0.1) is 52.5 Å². The van der Waals surface area contributed by atoms with Gasteiger partial charge in [-0.3, -0.25) is 9.59 Å². The standard InChI is InChI=1S/C34H38O8/c1-23(25-5-7-29-21-31(37-3)11-9-27(29)19-25)33(35)41-17-15-39-13-14-40-16-18-42-34(36)24(2)26-6-8-30-22-32(38-4)12-10-28(30)20-26/h5-12,19-24H,13-18H2,1-4H3/t23-,24-/m0/s1. The lowest BCUT2D eigenvalue weighted by Crippen LogP contribution is -2.18. The van der Waals surface area contributed by atoms with E-state index in [1.165, 1.54) is 0 Å². The van der Waals surface area contributed by atoms with Gasteiger partial charge in [0.2, 0.25) is 0 Å². The molecule has 0 spiro atoms. The Balaban J connectivity index is 1.06. The zero-order valence-corrected chi connectivity index (χ0v) is 24.6. The summed E-state index contributed by atoms with van der Waals surface area (Å²) in [7, 11) is 3.27. The van der Waals surface area contributed by atoms with Gasteiger partial charge >= 0.3 is 11.9 Å². The average Bonchev–Trinajstić information content (AvgIpc) is 3.03. The summed E-state index contributed by atoms with van der Waals surface area (Å²) in [6.45, 7) is 5.19. The molecule has 0 aliphatic heterocycles. The van der Waals surface area contributed by atoms with E-state index < -0.39 is 11.8 Å². The summed E-state index contributed by atoms with van der Waals surface area (Å²) in [5.74, 6) is 0.194. The van der Waals surface area contributed by atoms with Crippen LogP contribution in [0.1, 0.15) is 36.8 Å². The Morgan fingerprint density at radius 2 is 0.881 bits per heavy atom. The van der Waals surface area contributed by atoms with Crippen molar-refractivity contribution in [2.45, 2.75) is 25.7 Å². The molecule has 0 N–H and O–H groups in total. The number of benzene rings is 4. The highest BCUT2D eigenvalue weighted by atomic mass is 16.6. The maximum atomic E-state index is 12.5. The molecule has 4 aromatic carbocycles. The predicted molar refractivity (Wildman–Crippen MR) is 161 cm³/mol. The van der Waals surface area contributed by atoms with E-state index in [0.29, 0.717) is 13.2 Å². The lowest BCUT2D eigenvalue weighted by Gasteiger charge is -2.14. The fourth-order valence-electron chi connectivity index (χ4n) is 4.52. The molecule has 42 heavy (non-hydrogen) atoms. The molecule has 0 aliphatic rings. The molecule has 0 amide bonds. The van der Waals surface area contributed by atoms with Gasteiger partial charge in [-0.2, -0.15) is 0 Å². The van der Waals surface area contributed by atoms with E-state index in [4.69, 9.17) is 28.4 Å². The molecule has 8 nitrogen and oxygen atoms in total. The van der Waals surface area contributed by atoms with Crippen LogP contribution in [0.2, 0.25) is 0 Å². The number of carbonyl (C=O) groups is 2. The number of hydrogen-bond donors (Lipinski definition) is 0. The number of carbonyl (C=O) groups excluding carboxylic acids is 2. The van der Waals surface area contributed by atoms with Gasteiger partial charge in [0.25, 0.3) is 0 Å². The van der Waals surface area contributed by atoms with Gasteiger partial charge in [-0.1, -0.05) is 48.5 Å². The van der Waals surface area contributed by atoms with Gasteiger partial charge in [0, 0.05) is 0 Å². The Morgan fingerprint density at radius 3 is 1.29 bits per heavy atom. The number of fused-ring (bicyclic) bond motifs is 2. The second-order valence-corrected chi connectivity index (χ2v) is 9.95. The van der Waals surface area contributed by atoms with Crippen molar-refractivity contribution >= 4 is 33.5 Å². The highest BCUT2D eigenvalue weighted by Gasteiger charge is 2.18. The molecule has 0 saturated heterocycles. The quantitative estimate of drug-likeness (QED) is 0.126. The van der Waals surface area contributed by atoms with Gasteiger partial charge in [-0.15, -0.1) is 0 Å². The molecule has 0 aromatic heterocycles. The molecule has 4 rings (SSSR count). The first-order valence-corrected chi connectivity index (χ1v) is 14.0. The van der Waals surface area contributed by atoms with Gasteiger partial charge in [-0.25, -0.2) is 0 Å². The third kappa shape index (κ3) is 8.21. The molecule has 0 fully saturated rings. The molecule has 0 heterocycles. The molecule has 0 aliphatic carbocycles. The first kappa shape index (κ1) is 30.8. The first-order valence-electron chi connectivity index (χ1n) is 14.0. The Hall–Kier alpha value is -4.14. The molecule has 4 aromatic rings. The van der Waals surface area contributed by atoms with Crippen LogP contribution in [-0.4, -0.2) is 65.8 Å². The zero-order chi connectivity index (χ0) is 29.9. The lowest BCUT2D eigenvalue weighted by molar-refractivity contribution is -0.148. The third-order valence-electron chi connectivity index (χ3n) is 7.17. The second-order valence-electron chi connectivity index (χ2n) is 9.95. The molecule has 0 bridgehead atoms. The zero-order valence-electron chi connectivity index (χ0n) is 24.6. The minimum atomic E-state index is -0.393. The topological polar surface area (TPSA) is 89.5 Å². The van der Waals surface area contributed by atoms with Crippen molar-refractivity contribution in [1.29, 1.82) is 0 Å². The fraction of sp³-hybridized carbons (Fsp3) is 0.353. The second kappa shape index (κ2) is 15.2. The van der Waals surface area contributed by atoms with Crippen LogP contribution in [0, 0.1) is 0 Å².